The van der Waals surface area contributed by atoms with E-state index in [0.29, 0.717) is 16.7 Å². The van der Waals surface area contributed by atoms with Gasteiger partial charge in [0.2, 0.25) is 0 Å². The zero-order valence-corrected chi connectivity index (χ0v) is 20.0. The van der Waals surface area contributed by atoms with Gasteiger partial charge in [0.25, 0.3) is 0 Å². The van der Waals surface area contributed by atoms with E-state index >= 15 is 0 Å². The monoisotopic (exact) mass is 442 g/mol. The van der Waals surface area contributed by atoms with Crippen molar-refractivity contribution in [3.05, 3.63) is 0 Å². The Morgan fingerprint density at radius 1 is 1.00 bits per heavy atom. The Morgan fingerprint density at radius 3 is 2.43 bits per heavy atom. The summed E-state index contributed by atoms with van der Waals surface area (Å²) >= 11 is 0. The average molecular weight is 443 g/mol. The molecule has 0 bridgehead atoms. The second-order valence-electron chi connectivity index (χ2n) is 11.8. The molecule has 9 atom stereocenters. The summed E-state index contributed by atoms with van der Waals surface area (Å²) in [7, 11) is -4.34. The number of hydrogen-bond donors (Lipinski definition) is 3. The van der Waals surface area contributed by atoms with Crippen molar-refractivity contribution >= 4 is 7.82 Å². The van der Waals surface area contributed by atoms with Crippen LogP contribution < -0.4 is 0 Å². The second kappa shape index (κ2) is 8.45. The third-order valence-electron chi connectivity index (χ3n) is 10.5. The predicted molar refractivity (Wildman–Crippen MR) is 118 cm³/mol. The Morgan fingerprint density at radius 2 is 1.70 bits per heavy atom. The van der Waals surface area contributed by atoms with Gasteiger partial charge in [0.15, 0.2) is 0 Å². The van der Waals surface area contributed by atoms with Gasteiger partial charge >= 0.3 is 7.82 Å². The predicted octanol–water partition coefficient (Wildman–Crippen LogP) is 5.53. The Bertz CT molecular complexity index is 664. The molecular weight excluding hydrogens is 399 g/mol. The molecular formula is C24H43O5P. The van der Waals surface area contributed by atoms with E-state index < -0.39 is 7.82 Å². The maximum absolute atomic E-state index is 10.9. The second-order valence-corrected chi connectivity index (χ2v) is 13.0. The summed E-state index contributed by atoms with van der Waals surface area (Å²) in [5.74, 6) is 4.55. The summed E-state index contributed by atoms with van der Waals surface area (Å²) in [5, 5.41) is 10.2. The van der Waals surface area contributed by atoms with Crippen molar-refractivity contribution in [2.24, 2.45) is 46.3 Å². The molecule has 174 valence electrons. The zero-order chi connectivity index (χ0) is 21.7. The zero-order valence-electron chi connectivity index (χ0n) is 19.1. The lowest BCUT2D eigenvalue weighted by atomic mass is 9.44. The Kier molecular flexibility index (Phi) is 6.54. The molecule has 0 aromatic rings. The third kappa shape index (κ3) is 4.19. The lowest BCUT2D eigenvalue weighted by molar-refractivity contribution is -0.129. The fraction of sp³-hybridized carbons (Fsp3) is 1.00. The fourth-order valence-corrected chi connectivity index (χ4v) is 9.37. The van der Waals surface area contributed by atoms with Gasteiger partial charge in [-0.15, -0.1) is 0 Å². The first-order chi connectivity index (χ1) is 14.0. The van der Waals surface area contributed by atoms with Crippen molar-refractivity contribution in [3.8, 4) is 0 Å². The van der Waals surface area contributed by atoms with Crippen molar-refractivity contribution in [1.82, 2.24) is 0 Å². The van der Waals surface area contributed by atoms with Gasteiger partial charge in [-0.2, -0.15) is 0 Å². The van der Waals surface area contributed by atoms with E-state index in [9.17, 15) is 9.67 Å². The molecule has 4 aliphatic rings. The summed E-state index contributed by atoms with van der Waals surface area (Å²) in [4.78, 5) is 17.8. The topological polar surface area (TPSA) is 87.0 Å². The van der Waals surface area contributed by atoms with Gasteiger partial charge in [-0.25, -0.2) is 4.57 Å². The minimum absolute atomic E-state index is 0.0697. The molecule has 4 saturated carbocycles. The van der Waals surface area contributed by atoms with Gasteiger partial charge in [-0.1, -0.05) is 20.8 Å². The molecule has 30 heavy (non-hydrogen) atoms. The van der Waals surface area contributed by atoms with Crippen LogP contribution in [0.25, 0.3) is 0 Å². The minimum atomic E-state index is -4.34. The molecule has 4 aliphatic carbocycles. The smallest absolute Gasteiger partial charge is 0.393 e. The lowest BCUT2D eigenvalue weighted by Crippen LogP contribution is -2.54. The molecule has 0 heterocycles. The summed E-state index contributed by atoms with van der Waals surface area (Å²) in [5.41, 5.74) is 0.856. The summed E-state index contributed by atoms with van der Waals surface area (Å²) in [6.45, 7) is 7.62. The first-order valence-electron chi connectivity index (χ1n) is 12.4. The van der Waals surface area contributed by atoms with E-state index in [-0.39, 0.29) is 12.7 Å². The van der Waals surface area contributed by atoms with E-state index in [1.54, 1.807) is 0 Å². The quantitative estimate of drug-likeness (QED) is 0.372. The molecule has 3 unspecified atom stereocenters. The third-order valence-corrected chi connectivity index (χ3v) is 11.0. The number of aliphatic hydroxyl groups is 1. The Balaban J connectivity index is 1.41. The maximum Gasteiger partial charge on any atom is 0.469 e. The molecule has 0 aromatic heterocycles. The summed E-state index contributed by atoms with van der Waals surface area (Å²) in [6.07, 6.45) is 12.9. The molecule has 0 radical (unpaired) electrons. The number of rotatable bonds is 6. The highest BCUT2D eigenvalue weighted by atomic mass is 31.2. The molecule has 0 amide bonds. The van der Waals surface area contributed by atoms with Crippen LogP contribution in [0, 0.1) is 46.3 Å². The SMILES string of the molecule is C[C@H](CCCOP(=O)(O)O)[C@H]1CC[C@H]2C3CC[C@H]4C[C@@H](O)CCC4(C)[C@H]3CCC12C. The summed E-state index contributed by atoms with van der Waals surface area (Å²) in [6, 6.07) is 0. The van der Waals surface area contributed by atoms with E-state index in [1.807, 2.05) is 0 Å². The number of phosphoric acid groups is 1. The summed E-state index contributed by atoms with van der Waals surface area (Å²) < 4.78 is 15.6. The van der Waals surface area contributed by atoms with Crippen molar-refractivity contribution in [2.45, 2.75) is 97.5 Å². The lowest BCUT2D eigenvalue weighted by Gasteiger charge is -2.61. The van der Waals surface area contributed by atoms with Gasteiger partial charge in [-0.3, -0.25) is 4.52 Å². The highest BCUT2D eigenvalue weighted by Crippen LogP contribution is 2.68. The first-order valence-corrected chi connectivity index (χ1v) is 14.0. The van der Waals surface area contributed by atoms with E-state index in [4.69, 9.17) is 9.79 Å². The highest BCUT2D eigenvalue weighted by Gasteiger charge is 2.60. The van der Waals surface area contributed by atoms with Crippen LogP contribution in [0.1, 0.15) is 91.4 Å². The molecule has 0 spiro atoms. The Hall–Kier alpha value is 0.0700. The number of hydrogen-bond acceptors (Lipinski definition) is 3. The van der Waals surface area contributed by atoms with E-state index in [2.05, 4.69) is 25.3 Å². The normalized spacial score (nSPS) is 47.3. The molecule has 4 rings (SSSR count). The molecule has 0 aliphatic heterocycles. The number of aliphatic hydroxyl groups excluding tert-OH is 1. The van der Waals surface area contributed by atoms with E-state index in [0.717, 1.165) is 55.3 Å². The molecule has 4 fully saturated rings. The van der Waals surface area contributed by atoms with Crippen molar-refractivity contribution in [1.29, 1.82) is 0 Å². The van der Waals surface area contributed by atoms with Gasteiger partial charge in [0.05, 0.1) is 12.7 Å². The molecule has 5 nitrogen and oxygen atoms in total. The fourth-order valence-electron chi connectivity index (χ4n) is 9.00. The van der Waals surface area contributed by atoms with Gasteiger partial charge in [0.1, 0.15) is 0 Å². The van der Waals surface area contributed by atoms with Crippen LogP contribution in [0.3, 0.4) is 0 Å². The van der Waals surface area contributed by atoms with Crippen molar-refractivity contribution in [2.75, 3.05) is 6.61 Å². The highest BCUT2D eigenvalue weighted by molar-refractivity contribution is 7.46. The first kappa shape index (κ1) is 23.2. The molecule has 3 N–H and O–H groups in total. The van der Waals surface area contributed by atoms with Crippen LogP contribution in [0.15, 0.2) is 0 Å². The van der Waals surface area contributed by atoms with Gasteiger partial charge < -0.3 is 14.9 Å². The number of phosphoric ester groups is 1. The van der Waals surface area contributed by atoms with Crippen LogP contribution in [0.2, 0.25) is 0 Å². The minimum Gasteiger partial charge on any atom is -0.393 e. The van der Waals surface area contributed by atoms with Crippen LogP contribution in [-0.2, 0) is 9.09 Å². The van der Waals surface area contributed by atoms with Gasteiger partial charge in [-0.05, 0) is 117 Å². The van der Waals surface area contributed by atoms with Crippen molar-refractivity contribution < 1.29 is 24.0 Å². The van der Waals surface area contributed by atoms with Crippen LogP contribution in [-0.4, -0.2) is 27.6 Å². The molecule has 0 saturated heterocycles. The van der Waals surface area contributed by atoms with Crippen molar-refractivity contribution in [3.63, 3.8) is 0 Å². The van der Waals surface area contributed by atoms with E-state index in [1.165, 1.54) is 44.9 Å². The number of fused-ring (bicyclic) bond motifs is 5. The molecule has 6 heteroatoms. The standard InChI is InChI=1S/C24H43O5P/c1-16(5-4-14-29-30(26,27)28)20-8-9-21-19-7-6-17-15-18(25)10-12-23(17,2)22(19)11-13-24(20,21)3/h16-22,25H,4-15H2,1-3H3,(H2,26,27,28)/t16-,17+,18+,19?,20-,21+,22+,23?,24?/m1/s1. The van der Waals surface area contributed by atoms with Gasteiger partial charge in [0, 0.05) is 0 Å². The van der Waals surface area contributed by atoms with Crippen LogP contribution in [0.5, 0.6) is 0 Å². The van der Waals surface area contributed by atoms with Crippen LogP contribution >= 0.6 is 7.82 Å². The molecule has 0 aromatic carbocycles. The average Bonchev–Trinajstić information content (AvgIpc) is 3.02. The largest absolute Gasteiger partial charge is 0.469 e. The Labute approximate surface area is 182 Å². The van der Waals surface area contributed by atoms with Crippen LogP contribution in [0.4, 0.5) is 0 Å². The maximum atomic E-state index is 10.9.